The molecule has 1 aliphatic heterocycles. The van der Waals surface area contributed by atoms with Crippen molar-refractivity contribution in [2.45, 2.75) is 38.8 Å². The van der Waals surface area contributed by atoms with Crippen LogP contribution in [0.15, 0.2) is 18.2 Å². The molecule has 1 atom stereocenters. The van der Waals surface area contributed by atoms with E-state index >= 15 is 0 Å². The lowest BCUT2D eigenvalue weighted by molar-refractivity contribution is 0.172. The van der Waals surface area contributed by atoms with Crippen LogP contribution in [0.25, 0.3) is 0 Å². The average Bonchev–Trinajstić information content (AvgIpc) is 2.76. The maximum absolute atomic E-state index is 13.5. The van der Waals surface area contributed by atoms with Gasteiger partial charge < -0.3 is 15.0 Å². The van der Waals surface area contributed by atoms with Gasteiger partial charge in [0.15, 0.2) is 0 Å². The van der Waals surface area contributed by atoms with E-state index in [0.717, 1.165) is 25.2 Å². The van der Waals surface area contributed by atoms with E-state index in [9.17, 15) is 4.39 Å². The lowest BCUT2D eigenvalue weighted by atomic mass is 10.1. The number of nitrogens with zero attached hydrogens (tertiary/aromatic N) is 1. The Morgan fingerprint density at radius 2 is 2.15 bits per heavy atom. The molecule has 0 aromatic heterocycles. The van der Waals surface area contributed by atoms with Gasteiger partial charge in [0.05, 0.1) is 12.6 Å². The Balaban J connectivity index is 2.13. The minimum atomic E-state index is -0.171. The summed E-state index contributed by atoms with van der Waals surface area (Å²) >= 11 is 0. The number of hydrogen-bond donors (Lipinski definition) is 1. The quantitative estimate of drug-likeness (QED) is 0.897. The third kappa shape index (κ3) is 3.70. The topological polar surface area (TPSA) is 24.5 Å². The minimum absolute atomic E-state index is 0.0660. The van der Waals surface area contributed by atoms with Gasteiger partial charge in [0.2, 0.25) is 0 Å². The molecule has 2 rings (SSSR count). The fourth-order valence-electron chi connectivity index (χ4n) is 2.63. The molecule has 112 valence electrons. The largest absolute Gasteiger partial charge is 0.383 e. The van der Waals surface area contributed by atoms with Crippen molar-refractivity contribution in [2.75, 3.05) is 31.7 Å². The van der Waals surface area contributed by atoms with E-state index in [1.165, 1.54) is 5.56 Å². The highest BCUT2D eigenvalue weighted by Crippen LogP contribution is 2.30. The van der Waals surface area contributed by atoms with Crippen LogP contribution in [0.4, 0.5) is 10.1 Å². The molecule has 0 saturated carbocycles. The van der Waals surface area contributed by atoms with E-state index in [0.29, 0.717) is 6.61 Å². The van der Waals surface area contributed by atoms with Crippen LogP contribution in [0, 0.1) is 5.82 Å². The molecular weight excluding hydrogens is 255 g/mol. The van der Waals surface area contributed by atoms with Gasteiger partial charge in [-0.1, -0.05) is 6.07 Å². The van der Waals surface area contributed by atoms with E-state index in [2.05, 4.69) is 31.0 Å². The molecule has 0 bridgehead atoms. The number of ether oxygens (including phenoxy) is 1. The summed E-state index contributed by atoms with van der Waals surface area (Å²) in [6, 6.07) is 5.30. The standard InChI is InChI=1S/C16H25FN2O/c1-16(2,3)18-10-14(11-20-4)19-8-7-12-5-6-13(17)9-15(12)19/h5-6,9,14,18H,7-8,10-11H2,1-4H3. The van der Waals surface area contributed by atoms with Gasteiger partial charge in [0.25, 0.3) is 0 Å². The fourth-order valence-corrected chi connectivity index (χ4v) is 2.63. The third-order valence-corrected chi connectivity index (χ3v) is 3.65. The van der Waals surface area contributed by atoms with E-state index in [1.807, 2.05) is 6.07 Å². The van der Waals surface area contributed by atoms with Crippen LogP contribution in [0.1, 0.15) is 26.3 Å². The predicted octanol–water partition coefficient (Wildman–Crippen LogP) is 2.59. The zero-order valence-corrected chi connectivity index (χ0v) is 12.9. The predicted molar refractivity (Wildman–Crippen MR) is 80.9 cm³/mol. The molecule has 1 aliphatic rings. The van der Waals surface area contributed by atoms with Crippen molar-refractivity contribution in [3.8, 4) is 0 Å². The number of benzene rings is 1. The van der Waals surface area contributed by atoms with Crippen molar-refractivity contribution in [3.05, 3.63) is 29.6 Å². The molecule has 1 unspecified atom stereocenters. The van der Waals surface area contributed by atoms with Crippen molar-refractivity contribution in [3.63, 3.8) is 0 Å². The van der Waals surface area contributed by atoms with Crippen LogP contribution in [0.5, 0.6) is 0 Å². The summed E-state index contributed by atoms with van der Waals surface area (Å²) in [4.78, 5) is 2.26. The van der Waals surface area contributed by atoms with Gasteiger partial charge >= 0.3 is 0 Å². The Morgan fingerprint density at radius 1 is 1.40 bits per heavy atom. The van der Waals surface area contributed by atoms with E-state index in [4.69, 9.17) is 4.74 Å². The number of rotatable bonds is 5. The Hall–Kier alpha value is -1.13. The Labute approximate surface area is 121 Å². The molecule has 20 heavy (non-hydrogen) atoms. The van der Waals surface area contributed by atoms with Gasteiger partial charge in [0.1, 0.15) is 5.82 Å². The summed E-state index contributed by atoms with van der Waals surface area (Å²) in [6.45, 7) is 8.84. The van der Waals surface area contributed by atoms with Crippen LogP contribution in [-0.4, -0.2) is 38.4 Å². The summed E-state index contributed by atoms with van der Waals surface area (Å²) in [5.74, 6) is -0.171. The molecule has 4 heteroatoms. The molecule has 0 fully saturated rings. The molecule has 0 aliphatic carbocycles. The highest BCUT2D eigenvalue weighted by Gasteiger charge is 2.27. The Kier molecular flexibility index (Phi) is 4.66. The lowest BCUT2D eigenvalue weighted by Crippen LogP contribution is -2.49. The summed E-state index contributed by atoms with van der Waals surface area (Å²) < 4.78 is 18.8. The molecule has 0 radical (unpaired) electrons. The van der Waals surface area contributed by atoms with Crippen molar-refractivity contribution >= 4 is 5.69 Å². The van der Waals surface area contributed by atoms with Gasteiger partial charge in [-0.05, 0) is 44.9 Å². The van der Waals surface area contributed by atoms with Crippen LogP contribution < -0.4 is 10.2 Å². The number of halogens is 1. The number of methoxy groups -OCH3 is 1. The van der Waals surface area contributed by atoms with Gasteiger partial charge in [-0.15, -0.1) is 0 Å². The molecule has 0 amide bonds. The summed E-state index contributed by atoms with van der Waals surface area (Å²) in [6.07, 6.45) is 0.978. The number of nitrogens with one attached hydrogen (secondary N) is 1. The summed E-state index contributed by atoms with van der Waals surface area (Å²) in [5.41, 5.74) is 2.31. The van der Waals surface area contributed by atoms with E-state index in [-0.39, 0.29) is 17.4 Å². The normalized spacial score (nSPS) is 16.4. The highest BCUT2D eigenvalue weighted by atomic mass is 19.1. The number of hydrogen-bond acceptors (Lipinski definition) is 3. The van der Waals surface area contributed by atoms with Gasteiger partial charge in [-0.3, -0.25) is 0 Å². The maximum Gasteiger partial charge on any atom is 0.125 e. The van der Waals surface area contributed by atoms with Crippen LogP contribution in [0.2, 0.25) is 0 Å². The molecule has 0 spiro atoms. The van der Waals surface area contributed by atoms with Crippen molar-refractivity contribution in [1.29, 1.82) is 0 Å². The number of fused-ring (bicyclic) bond motifs is 1. The van der Waals surface area contributed by atoms with E-state index in [1.54, 1.807) is 19.2 Å². The third-order valence-electron chi connectivity index (χ3n) is 3.65. The monoisotopic (exact) mass is 280 g/mol. The second kappa shape index (κ2) is 6.10. The van der Waals surface area contributed by atoms with Crippen LogP contribution >= 0.6 is 0 Å². The average molecular weight is 280 g/mol. The second-order valence-corrected chi connectivity index (χ2v) is 6.46. The molecule has 1 aromatic rings. The maximum atomic E-state index is 13.5. The number of anilines is 1. The summed E-state index contributed by atoms with van der Waals surface area (Å²) in [7, 11) is 1.71. The van der Waals surface area contributed by atoms with Crippen LogP contribution in [0.3, 0.4) is 0 Å². The zero-order valence-electron chi connectivity index (χ0n) is 12.9. The minimum Gasteiger partial charge on any atom is -0.383 e. The molecule has 3 nitrogen and oxygen atoms in total. The zero-order chi connectivity index (χ0) is 14.8. The smallest absolute Gasteiger partial charge is 0.125 e. The SMILES string of the molecule is COCC(CNC(C)(C)C)N1CCc2ccc(F)cc21. The molecule has 0 saturated heterocycles. The second-order valence-electron chi connectivity index (χ2n) is 6.46. The first-order chi connectivity index (χ1) is 9.40. The van der Waals surface area contributed by atoms with Gasteiger partial charge in [0, 0.05) is 31.4 Å². The molecular formula is C16H25FN2O. The first-order valence-corrected chi connectivity index (χ1v) is 7.20. The van der Waals surface area contributed by atoms with Gasteiger partial charge in [-0.2, -0.15) is 0 Å². The van der Waals surface area contributed by atoms with Crippen LogP contribution in [-0.2, 0) is 11.2 Å². The van der Waals surface area contributed by atoms with Crippen molar-refractivity contribution in [1.82, 2.24) is 5.32 Å². The molecule has 1 aromatic carbocycles. The lowest BCUT2D eigenvalue weighted by Gasteiger charge is -2.33. The first kappa shape index (κ1) is 15.3. The van der Waals surface area contributed by atoms with E-state index < -0.39 is 0 Å². The Bertz CT molecular complexity index is 456. The van der Waals surface area contributed by atoms with Gasteiger partial charge in [-0.25, -0.2) is 4.39 Å². The highest BCUT2D eigenvalue weighted by molar-refractivity contribution is 5.59. The van der Waals surface area contributed by atoms with Crippen molar-refractivity contribution in [2.24, 2.45) is 0 Å². The first-order valence-electron chi connectivity index (χ1n) is 7.20. The Morgan fingerprint density at radius 3 is 2.80 bits per heavy atom. The molecule has 1 N–H and O–H groups in total. The fraction of sp³-hybridized carbons (Fsp3) is 0.625. The molecule has 1 heterocycles. The van der Waals surface area contributed by atoms with Crippen molar-refractivity contribution < 1.29 is 9.13 Å². The summed E-state index contributed by atoms with van der Waals surface area (Å²) in [5, 5.41) is 3.51.